The van der Waals surface area contributed by atoms with Gasteiger partial charge in [-0.3, -0.25) is 10.1 Å². The predicted molar refractivity (Wildman–Crippen MR) is 91.9 cm³/mol. The normalized spacial score (nSPS) is 11.0. The molecule has 0 unspecified atom stereocenters. The van der Waals surface area contributed by atoms with Crippen molar-refractivity contribution >= 4 is 44.6 Å². The molecule has 0 bridgehead atoms. The second kappa shape index (κ2) is 7.10. The third kappa shape index (κ3) is 3.69. The molecule has 0 saturated heterocycles. The Balaban J connectivity index is 1.73. The number of ether oxygens (including phenoxy) is 1. The zero-order valence-electron chi connectivity index (χ0n) is 12.8. The highest BCUT2D eigenvalue weighted by Crippen LogP contribution is 2.27. The van der Waals surface area contributed by atoms with Gasteiger partial charge in [0.1, 0.15) is 5.76 Å². The third-order valence-corrected chi connectivity index (χ3v) is 4.01. The van der Waals surface area contributed by atoms with E-state index in [2.05, 4.69) is 10.3 Å². The molecule has 3 rings (SSSR count). The zero-order chi connectivity index (χ0) is 16.9. The minimum Gasteiger partial charge on any atom is -0.465 e. The number of esters is 1. The predicted octanol–water partition coefficient (Wildman–Crippen LogP) is 3.72. The number of carbonyl (C=O) groups excluding carboxylic acids is 2. The van der Waals surface area contributed by atoms with Crippen LogP contribution in [0.1, 0.15) is 23.0 Å². The molecule has 3 aromatic rings. The smallest absolute Gasteiger partial charge is 0.338 e. The second-order valence-corrected chi connectivity index (χ2v) is 5.79. The molecule has 0 aliphatic rings. The van der Waals surface area contributed by atoms with Crippen molar-refractivity contribution in [3.8, 4) is 0 Å². The lowest BCUT2D eigenvalue weighted by Crippen LogP contribution is -2.07. The van der Waals surface area contributed by atoms with Gasteiger partial charge in [0.2, 0.25) is 5.91 Å². The topological polar surface area (TPSA) is 81.4 Å². The van der Waals surface area contributed by atoms with Gasteiger partial charge in [0.25, 0.3) is 0 Å². The van der Waals surface area contributed by atoms with E-state index in [1.165, 1.54) is 23.7 Å². The maximum absolute atomic E-state index is 11.9. The van der Waals surface area contributed by atoms with Crippen molar-refractivity contribution < 1.29 is 18.7 Å². The number of anilines is 1. The fourth-order valence-corrected chi connectivity index (χ4v) is 2.92. The van der Waals surface area contributed by atoms with E-state index in [-0.39, 0.29) is 11.9 Å². The summed E-state index contributed by atoms with van der Waals surface area (Å²) in [6, 6.07) is 8.58. The lowest BCUT2D eigenvalue weighted by Gasteiger charge is -2.00. The van der Waals surface area contributed by atoms with Crippen LogP contribution in [-0.4, -0.2) is 23.5 Å². The molecule has 1 aromatic carbocycles. The molecule has 6 nitrogen and oxygen atoms in total. The van der Waals surface area contributed by atoms with E-state index >= 15 is 0 Å². The molecule has 0 atom stereocenters. The van der Waals surface area contributed by atoms with Crippen molar-refractivity contribution in [1.29, 1.82) is 0 Å². The summed E-state index contributed by atoms with van der Waals surface area (Å²) in [5.74, 6) is -0.0932. The van der Waals surface area contributed by atoms with E-state index in [4.69, 9.17) is 9.15 Å². The number of rotatable bonds is 5. The minimum absolute atomic E-state index is 0.309. The van der Waals surface area contributed by atoms with Crippen LogP contribution in [0.3, 0.4) is 0 Å². The number of furan rings is 1. The maximum atomic E-state index is 11.9. The van der Waals surface area contributed by atoms with Gasteiger partial charge < -0.3 is 9.15 Å². The SMILES string of the molecule is CCOC(=O)c1ccc2nc(NC(=O)/C=C/c3ccco3)sc2c1. The van der Waals surface area contributed by atoms with Gasteiger partial charge in [-0.05, 0) is 43.3 Å². The fourth-order valence-electron chi connectivity index (χ4n) is 2.01. The molecular formula is C17H14N2O4S. The number of hydrogen-bond acceptors (Lipinski definition) is 6. The van der Waals surface area contributed by atoms with E-state index in [9.17, 15) is 9.59 Å². The fraction of sp³-hybridized carbons (Fsp3) is 0.118. The van der Waals surface area contributed by atoms with Crippen molar-refractivity contribution in [2.24, 2.45) is 0 Å². The van der Waals surface area contributed by atoms with Crippen molar-refractivity contribution in [1.82, 2.24) is 4.98 Å². The molecule has 1 amide bonds. The number of aromatic nitrogens is 1. The van der Waals surface area contributed by atoms with E-state index in [1.54, 1.807) is 43.3 Å². The van der Waals surface area contributed by atoms with Crippen LogP contribution in [0, 0.1) is 0 Å². The first-order valence-corrected chi connectivity index (χ1v) is 8.07. The molecule has 0 fully saturated rings. The number of nitrogens with one attached hydrogen (secondary N) is 1. The number of benzene rings is 1. The molecule has 0 radical (unpaired) electrons. The summed E-state index contributed by atoms with van der Waals surface area (Å²) >= 11 is 1.29. The van der Waals surface area contributed by atoms with Gasteiger partial charge in [0.05, 0.1) is 28.7 Å². The first-order valence-electron chi connectivity index (χ1n) is 7.26. The van der Waals surface area contributed by atoms with Gasteiger partial charge in [0, 0.05) is 6.08 Å². The summed E-state index contributed by atoms with van der Waals surface area (Å²) in [6.07, 6.45) is 4.47. The van der Waals surface area contributed by atoms with Gasteiger partial charge >= 0.3 is 5.97 Å². The number of thiazole rings is 1. The quantitative estimate of drug-likeness (QED) is 0.564. The lowest BCUT2D eigenvalue weighted by atomic mass is 10.2. The Bertz CT molecular complexity index is 897. The van der Waals surface area contributed by atoms with Crippen molar-refractivity contribution in [2.45, 2.75) is 6.92 Å². The highest BCUT2D eigenvalue weighted by molar-refractivity contribution is 7.22. The summed E-state index contributed by atoms with van der Waals surface area (Å²) in [5, 5.41) is 3.15. The Morgan fingerprint density at radius 2 is 2.25 bits per heavy atom. The molecular weight excluding hydrogens is 328 g/mol. The summed E-state index contributed by atoms with van der Waals surface area (Å²) in [6.45, 7) is 2.08. The molecule has 24 heavy (non-hydrogen) atoms. The Hall–Kier alpha value is -2.93. The summed E-state index contributed by atoms with van der Waals surface area (Å²) in [5.41, 5.74) is 1.17. The van der Waals surface area contributed by atoms with E-state index in [1.807, 2.05) is 0 Å². The minimum atomic E-state index is -0.375. The van der Waals surface area contributed by atoms with E-state index in [0.29, 0.717) is 28.6 Å². The average molecular weight is 342 g/mol. The summed E-state index contributed by atoms with van der Waals surface area (Å²) in [4.78, 5) is 28.0. The van der Waals surface area contributed by atoms with Gasteiger partial charge in [0.15, 0.2) is 5.13 Å². The molecule has 1 N–H and O–H groups in total. The molecule has 0 aliphatic carbocycles. The Morgan fingerprint density at radius 1 is 1.38 bits per heavy atom. The average Bonchev–Trinajstić information content (AvgIpc) is 3.21. The van der Waals surface area contributed by atoms with E-state index < -0.39 is 0 Å². The van der Waals surface area contributed by atoms with Crippen molar-refractivity contribution in [2.75, 3.05) is 11.9 Å². The summed E-state index contributed by atoms with van der Waals surface area (Å²) < 4.78 is 10.9. The van der Waals surface area contributed by atoms with Crippen LogP contribution in [0.2, 0.25) is 0 Å². The maximum Gasteiger partial charge on any atom is 0.338 e. The van der Waals surface area contributed by atoms with Crippen LogP contribution in [0.5, 0.6) is 0 Å². The van der Waals surface area contributed by atoms with Gasteiger partial charge in [-0.2, -0.15) is 0 Å². The number of carbonyl (C=O) groups is 2. The molecule has 0 saturated carbocycles. The molecule has 7 heteroatoms. The van der Waals surface area contributed by atoms with Crippen LogP contribution in [0.4, 0.5) is 5.13 Å². The summed E-state index contributed by atoms with van der Waals surface area (Å²) in [7, 11) is 0. The number of nitrogens with zero attached hydrogens (tertiary/aromatic N) is 1. The van der Waals surface area contributed by atoms with Crippen LogP contribution < -0.4 is 5.32 Å². The number of hydrogen-bond donors (Lipinski definition) is 1. The standard InChI is InChI=1S/C17H14N2O4S/c1-2-22-16(21)11-5-7-13-14(10-11)24-17(18-13)19-15(20)8-6-12-4-3-9-23-12/h3-10H,2H2,1H3,(H,18,19,20)/b8-6+. The lowest BCUT2D eigenvalue weighted by molar-refractivity contribution is -0.111. The molecule has 2 heterocycles. The van der Waals surface area contributed by atoms with Crippen LogP contribution in [0.15, 0.2) is 47.1 Å². The molecule has 2 aromatic heterocycles. The van der Waals surface area contributed by atoms with E-state index in [0.717, 1.165) is 4.70 Å². The largest absolute Gasteiger partial charge is 0.465 e. The Labute approximate surface area is 141 Å². The monoisotopic (exact) mass is 342 g/mol. The van der Waals surface area contributed by atoms with Crippen LogP contribution >= 0.6 is 11.3 Å². The number of amides is 1. The third-order valence-electron chi connectivity index (χ3n) is 3.07. The van der Waals surface area contributed by atoms with Gasteiger partial charge in [-0.25, -0.2) is 9.78 Å². The first kappa shape index (κ1) is 15.9. The van der Waals surface area contributed by atoms with Crippen LogP contribution in [0.25, 0.3) is 16.3 Å². The highest BCUT2D eigenvalue weighted by Gasteiger charge is 2.11. The van der Waals surface area contributed by atoms with Gasteiger partial charge in [-0.15, -0.1) is 0 Å². The van der Waals surface area contributed by atoms with Crippen LogP contribution in [-0.2, 0) is 9.53 Å². The Kier molecular flexibility index (Phi) is 4.72. The second-order valence-electron chi connectivity index (χ2n) is 4.76. The zero-order valence-corrected chi connectivity index (χ0v) is 13.6. The highest BCUT2D eigenvalue weighted by atomic mass is 32.1. The van der Waals surface area contributed by atoms with Crippen molar-refractivity contribution in [3.05, 3.63) is 54.0 Å². The molecule has 0 aliphatic heterocycles. The first-order chi connectivity index (χ1) is 11.7. The van der Waals surface area contributed by atoms with Crippen molar-refractivity contribution in [3.63, 3.8) is 0 Å². The molecule has 122 valence electrons. The molecule has 0 spiro atoms. The van der Waals surface area contributed by atoms with Gasteiger partial charge in [-0.1, -0.05) is 11.3 Å². The Morgan fingerprint density at radius 3 is 3.00 bits per heavy atom. The number of fused-ring (bicyclic) bond motifs is 1.